The maximum absolute atomic E-state index is 12.6. The molecule has 3 aliphatic rings. The first-order chi connectivity index (χ1) is 11.1. The van der Waals surface area contributed by atoms with E-state index in [0.717, 1.165) is 41.6 Å². The highest BCUT2D eigenvalue weighted by molar-refractivity contribution is 6.30. The summed E-state index contributed by atoms with van der Waals surface area (Å²) in [6, 6.07) is -0.417. The van der Waals surface area contributed by atoms with Crippen LogP contribution in [0, 0.1) is 0 Å². The molecule has 0 spiro atoms. The van der Waals surface area contributed by atoms with E-state index < -0.39 is 6.04 Å². The van der Waals surface area contributed by atoms with Crippen LogP contribution in [0.5, 0.6) is 0 Å². The Kier molecular flexibility index (Phi) is 4.39. The van der Waals surface area contributed by atoms with E-state index in [0.29, 0.717) is 12.4 Å². The quantitative estimate of drug-likeness (QED) is 0.798. The number of rotatable bonds is 3. The van der Waals surface area contributed by atoms with Crippen LogP contribution in [-0.2, 0) is 4.79 Å². The van der Waals surface area contributed by atoms with Gasteiger partial charge in [0.1, 0.15) is 0 Å². The summed E-state index contributed by atoms with van der Waals surface area (Å²) >= 11 is 6.17. The summed E-state index contributed by atoms with van der Waals surface area (Å²) in [6.07, 6.45) is 6.71. The minimum absolute atomic E-state index is 0.143. The van der Waals surface area contributed by atoms with Gasteiger partial charge in [-0.25, -0.2) is 4.99 Å². The van der Waals surface area contributed by atoms with E-state index in [9.17, 15) is 4.79 Å². The molecular weight excluding hydrogens is 312 g/mol. The van der Waals surface area contributed by atoms with Crippen LogP contribution in [0.3, 0.4) is 0 Å². The van der Waals surface area contributed by atoms with Crippen LogP contribution in [-0.4, -0.2) is 53.1 Å². The largest absolute Gasteiger partial charge is 0.355 e. The van der Waals surface area contributed by atoms with Gasteiger partial charge in [-0.15, -0.1) is 0 Å². The fourth-order valence-corrected chi connectivity index (χ4v) is 3.40. The molecule has 0 aromatic heterocycles. The lowest BCUT2D eigenvalue weighted by Crippen LogP contribution is -2.51. The van der Waals surface area contributed by atoms with Gasteiger partial charge in [-0.2, -0.15) is 4.99 Å². The van der Waals surface area contributed by atoms with Gasteiger partial charge in [0.25, 0.3) is 5.91 Å². The predicted octanol–water partition coefficient (Wildman–Crippen LogP) is 2.71. The number of amides is 1. The van der Waals surface area contributed by atoms with Gasteiger partial charge in [-0.05, 0) is 32.9 Å². The number of carbonyl (C=O) groups is 1. The lowest BCUT2D eigenvalue weighted by atomic mass is 9.92. The normalized spacial score (nSPS) is 23.1. The number of likely N-dealkylation sites (N-methyl/N-ethyl adjacent to an activating group) is 1. The van der Waals surface area contributed by atoms with Crippen LogP contribution in [0.4, 0.5) is 0 Å². The molecule has 23 heavy (non-hydrogen) atoms. The second-order valence-corrected chi connectivity index (χ2v) is 6.12. The van der Waals surface area contributed by atoms with E-state index in [1.807, 2.05) is 37.8 Å². The fourth-order valence-electron chi connectivity index (χ4n) is 3.20. The van der Waals surface area contributed by atoms with Gasteiger partial charge in [0.2, 0.25) is 5.96 Å². The van der Waals surface area contributed by atoms with Gasteiger partial charge >= 0.3 is 0 Å². The van der Waals surface area contributed by atoms with Crippen LogP contribution >= 0.6 is 11.6 Å². The molecule has 0 radical (unpaired) electrons. The van der Waals surface area contributed by atoms with Crippen molar-refractivity contribution in [1.29, 1.82) is 0 Å². The summed E-state index contributed by atoms with van der Waals surface area (Å²) in [5, 5.41) is 0.801. The number of fused-ring (bicyclic) bond motifs is 2. The average molecular weight is 333 g/mol. The zero-order valence-electron chi connectivity index (χ0n) is 13.7. The highest BCUT2D eigenvalue weighted by Gasteiger charge is 2.38. The molecular formula is C17H21ClN4O. The van der Waals surface area contributed by atoms with Crippen molar-refractivity contribution in [1.82, 2.24) is 9.80 Å². The third kappa shape index (κ3) is 2.74. The Morgan fingerprint density at radius 3 is 2.65 bits per heavy atom. The Morgan fingerprint density at radius 2 is 2.00 bits per heavy atom. The second kappa shape index (κ2) is 6.32. The molecule has 1 amide bonds. The maximum atomic E-state index is 12.6. The van der Waals surface area contributed by atoms with Crippen LogP contribution in [0.15, 0.2) is 44.5 Å². The molecule has 6 heteroatoms. The number of nitrogens with zero attached hydrogens (tertiary/aromatic N) is 4. The molecule has 2 aliphatic heterocycles. The third-order valence-electron chi connectivity index (χ3n) is 4.36. The summed E-state index contributed by atoms with van der Waals surface area (Å²) in [6.45, 7) is 8.37. The molecule has 0 saturated heterocycles. The topological polar surface area (TPSA) is 48.3 Å². The predicted molar refractivity (Wildman–Crippen MR) is 93.7 cm³/mol. The van der Waals surface area contributed by atoms with E-state index in [4.69, 9.17) is 11.6 Å². The van der Waals surface area contributed by atoms with Crippen LogP contribution in [0.1, 0.15) is 27.2 Å². The van der Waals surface area contributed by atoms with Crippen molar-refractivity contribution in [3.8, 4) is 0 Å². The first kappa shape index (κ1) is 16.0. The molecule has 122 valence electrons. The minimum atomic E-state index is -0.417. The Morgan fingerprint density at radius 1 is 1.26 bits per heavy atom. The first-order valence-electron chi connectivity index (χ1n) is 8.10. The summed E-state index contributed by atoms with van der Waals surface area (Å²) in [4.78, 5) is 25.6. The number of allylic oxidation sites excluding steroid dienone is 3. The van der Waals surface area contributed by atoms with Gasteiger partial charge in [-0.1, -0.05) is 17.7 Å². The van der Waals surface area contributed by atoms with E-state index >= 15 is 0 Å². The maximum Gasteiger partial charge on any atom is 0.277 e. The molecule has 0 saturated carbocycles. The summed E-state index contributed by atoms with van der Waals surface area (Å²) in [7, 11) is 0. The number of aliphatic imine (C=N–C) groups is 2. The second-order valence-electron chi connectivity index (χ2n) is 5.63. The van der Waals surface area contributed by atoms with Gasteiger partial charge in [0, 0.05) is 42.4 Å². The Bertz CT molecular complexity index is 683. The number of hydrogen-bond donors (Lipinski definition) is 0. The summed E-state index contributed by atoms with van der Waals surface area (Å²) in [5.41, 5.74) is 2.82. The van der Waals surface area contributed by atoms with Crippen molar-refractivity contribution in [3.05, 3.63) is 34.5 Å². The van der Waals surface area contributed by atoms with Crippen molar-refractivity contribution in [2.45, 2.75) is 33.2 Å². The molecule has 0 N–H and O–H groups in total. The molecule has 0 fully saturated rings. The third-order valence-corrected chi connectivity index (χ3v) is 4.63. The van der Waals surface area contributed by atoms with Gasteiger partial charge in [0.15, 0.2) is 6.04 Å². The van der Waals surface area contributed by atoms with E-state index in [2.05, 4.69) is 21.0 Å². The minimum Gasteiger partial charge on any atom is -0.355 e. The molecule has 3 rings (SSSR count). The van der Waals surface area contributed by atoms with Crippen LogP contribution in [0.2, 0.25) is 0 Å². The van der Waals surface area contributed by atoms with Gasteiger partial charge in [-0.3, -0.25) is 4.79 Å². The average Bonchev–Trinajstić information content (AvgIpc) is 2.53. The number of guanidine groups is 1. The number of carbonyl (C=O) groups excluding carboxylic acids is 1. The molecule has 0 aromatic carbocycles. The van der Waals surface area contributed by atoms with E-state index in [1.54, 1.807) is 0 Å². The van der Waals surface area contributed by atoms with E-state index in [1.165, 1.54) is 0 Å². The Hall–Kier alpha value is -1.88. The smallest absolute Gasteiger partial charge is 0.277 e. The van der Waals surface area contributed by atoms with Crippen molar-refractivity contribution in [2.75, 3.05) is 19.6 Å². The molecule has 1 atom stereocenters. The highest BCUT2D eigenvalue weighted by Crippen LogP contribution is 2.33. The zero-order valence-corrected chi connectivity index (χ0v) is 14.5. The Labute approximate surface area is 141 Å². The van der Waals surface area contributed by atoms with Gasteiger partial charge in [0.05, 0.1) is 5.71 Å². The van der Waals surface area contributed by atoms with Crippen molar-refractivity contribution in [2.24, 2.45) is 9.98 Å². The molecule has 0 bridgehead atoms. The van der Waals surface area contributed by atoms with E-state index in [-0.39, 0.29) is 5.91 Å². The molecule has 1 unspecified atom stereocenters. The van der Waals surface area contributed by atoms with Crippen molar-refractivity contribution in [3.63, 3.8) is 0 Å². The molecule has 5 nitrogen and oxygen atoms in total. The monoisotopic (exact) mass is 332 g/mol. The fraction of sp³-hybridized carbons (Fsp3) is 0.471. The van der Waals surface area contributed by atoms with Crippen molar-refractivity contribution < 1.29 is 4.79 Å². The summed E-state index contributed by atoms with van der Waals surface area (Å²) in [5.74, 6) is 0.369. The molecule has 0 aromatic rings. The lowest BCUT2D eigenvalue weighted by molar-refractivity contribution is -0.120. The van der Waals surface area contributed by atoms with Gasteiger partial charge < -0.3 is 9.80 Å². The number of halogens is 1. The first-order valence-corrected chi connectivity index (χ1v) is 8.47. The standard InChI is InChI=1S/C17H21ClN4O/c1-4-21(5-2)17-19-13-10-11-9-12(18)7-8-14(11)22(6-3)15(13)16(23)20-17/h8-10,15H,4-7H2,1-3H3. The Balaban J connectivity index is 2.07. The molecule has 2 heterocycles. The molecule has 1 aliphatic carbocycles. The van der Waals surface area contributed by atoms with Crippen LogP contribution < -0.4 is 0 Å². The summed E-state index contributed by atoms with van der Waals surface area (Å²) < 4.78 is 0. The number of hydrogen-bond acceptors (Lipinski definition) is 4. The van der Waals surface area contributed by atoms with Crippen LogP contribution in [0.25, 0.3) is 0 Å². The SMILES string of the molecule is CCN(CC)C1=NC(=O)C2C(=N1)C=C1C=C(Cl)CC=C1N2CC. The lowest BCUT2D eigenvalue weighted by Gasteiger charge is -2.39. The highest BCUT2D eigenvalue weighted by atomic mass is 35.5. The van der Waals surface area contributed by atoms with Crippen molar-refractivity contribution >= 4 is 29.2 Å². The zero-order chi connectivity index (χ0) is 16.6.